The molecule has 1 aromatic carbocycles. The van der Waals surface area contributed by atoms with E-state index in [1.165, 1.54) is 12.3 Å². The second kappa shape index (κ2) is 7.01. The van der Waals surface area contributed by atoms with Gasteiger partial charge in [0.1, 0.15) is 11.8 Å². The van der Waals surface area contributed by atoms with Crippen LogP contribution in [0.25, 0.3) is 0 Å². The first-order chi connectivity index (χ1) is 10.2. The van der Waals surface area contributed by atoms with Crippen molar-refractivity contribution in [1.29, 1.82) is 5.26 Å². The fourth-order valence-electron chi connectivity index (χ4n) is 1.66. The molecule has 0 atom stereocenters. The van der Waals surface area contributed by atoms with E-state index in [0.717, 1.165) is 5.56 Å². The van der Waals surface area contributed by atoms with Crippen LogP contribution >= 0.6 is 0 Å². The average molecular weight is 281 g/mol. The molecule has 0 saturated heterocycles. The largest absolute Gasteiger partial charge is 0.352 e. The van der Waals surface area contributed by atoms with Crippen molar-refractivity contribution in [1.82, 2.24) is 15.3 Å². The lowest BCUT2D eigenvalue weighted by Gasteiger charge is -2.07. The summed E-state index contributed by atoms with van der Waals surface area (Å²) < 4.78 is 0. The summed E-state index contributed by atoms with van der Waals surface area (Å²) in [6.45, 7) is 2.89. The van der Waals surface area contributed by atoms with Crippen LogP contribution in [0.1, 0.15) is 21.6 Å². The van der Waals surface area contributed by atoms with E-state index in [4.69, 9.17) is 5.26 Å². The zero-order chi connectivity index (χ0) is 15.1. The Labute approximate surface area is 122 Å². The molecule has 0 aliphatic carbocycles. The Morgan fingerprint density at radius 2 is 2.00 bits per heavy atom. The number of hydrogen-bond acceptors (Lipinski definition) is 5. The fourth-order valence-corrected chi connectivity index (χ4v) is 1.66. The Hall–Kier alpha value is -2.94. The molecule has 6 heteroatoms. The standard InChI is InChI=1S/C15H15N5O/c1-11-2-4-12(5-3-11)14(21)17-8-9-19-15-18-7-6-13(10-16)20-15/h2-7H,8-9H2,1H3,(H,17,21)(H,18,19,20). The molecule has 2 aromatic rings. The minimum absolute atomic E-state index is 0.122. The third-order valence-electron chi connectivity index (χ3n) is 2.78. The Morgan fingerprint density at radius 1 is 1.24 bits per heavy atom. The molecule has 0 aliphatic rings. The van der Waals surface area contributed by atoms with Crippen LogP contribution < -0.4 is 10.6 Å². The minimum atomic E-state index is -0.122. The van der Waals surface area contributed by atoms with Gasteiger partial charge in [0, 0.05) is 24.8 Å². The number of nitrogens with one attached hydrogen (secondary N) is 2. The van der Waals surface area contributed by atoms with Gasteiger partial charge in [0.05, 0.1) is 0 Å². The number of carbonyl (C=O) groups excluding carboxylic acids is 1. The van der Waals surface area contributed by atoms with Crippen LogP contribution in [0, 0.1) is 18.3 Å². The number of carbonyl (C=O) groups is 1. The molecule has 0 unspecified atom stereocenters. The average Bonchev–Trinajstić information content (AvgIpc) is 2.52. The topological polar surface area (TPSA) is 90.7 Å². The molecule has 2 rings (SSSR count). The van der Waals surface area contributed by atoms with Crippen LogP contribution in [0.4, 0.5) is 5.95 Å². The Kier molecular flexibility index (Phi) is 4.83. The highest BCUT2D eigenvalue weighted by atomic mass is 16.1. The maximum Gasteiger partial charge on any atom is 0.251 e. The van der Waals surface area contributed by atoms with Crippen molar-refractivity contribution in [3.05, 3.63) is 53.3 Å². The SMILES string of the molecule is Cc1ccc(C(=O)NCCNc2nccc(C#N)n2)cc1. The van der Waals surface area contributed by atoms with Crippen LogP contribution in [0.5, 0.6) is 0 Å². The summed E-state index contributed by atoms with van der Waals surface area (Å²) in [6.07, 6.45) is 1.51. The monoisotopic (exact) mass is 281 g/mol. The van der Waals surface area contributed by atoms with Crippen LogP contribution in [-0.2, 0) is 0 Å². The van der Waals surface area contributed by atoms with Gasteiger partial charge in [-0.2, -0.15) is 5.26 Å². The zero-order valence-electron chi connectivity index (χ0n) is 11.6. The molecular formula is C15H15N5O. The minimum Gasteiger partial charge on any atom is -0.352 e. The van der Waals surface area contributed by atoms with E-state index in [9.17, 15) is 4.79 Å². The summed E-state index contributed by atoms with van der Waals surface area (Å²) in [5.74, 6) is 0.252. The van der Waals surface area contributed by atoms with Gasteiger partial charge < -0.3 is 10.6 Å². The van der Waals surface area contributed by atoms with Gasteiger partial charge in [0.25, 0.3) is 5.91 Å². The molecule has 106 valence electrons. The second-order valence-electron chi connectivity index (χ2n) is 4.43. The van der Waals surface area contributed by atoms with Crippen molar-refractivity contribution in [2.24, 2.45) is 0 Å². The molecule has 6 nitrogen and oxygen atoms in total. The van der Waals surface area contributed by atoms with Gasteiger partial charge in [0.15, 0.2) is 0 Å². The van der Waals surface area contributed by atoms with Crippen molar-refractivity contribution in [2.75, 3.05) is 18.4 Å². The van der Waals surface area contributed by atoms with Gasteiger partial charge in [-0.1, -0.05) is 17.7 Å². The predicted molar refractivity (Wildman–Crippen MR) is 78.7 cm³/mol. The molecule has 1 aromatic heterocycles. The highest BCUT2D eigenvalue weighted by Crippen LogP contribution is 2.02. The van der Waals surface area contributed by atoms with Crippen LogP contribution in [0.2, 0.25) is 0 Å². The summed E-state index contributed by atoms with van der Waals surface area (Å²) in [4.78, 5) is 19.8. The molecule has 1 heterocycles. The first-order valence-electron chi connectivity index (χ1n) is 6.51. The van der Waals surface area contributed by atoms with E-state index in [1.807, 2.05) is 25.1 Å². The first-order valence-corrected chi connectivity index (χ1v) is 6.51. The first kappa shape index (κ1) is 14.5. The fraction of sp³-hybridized carbons (Fsp3) is 0.200. The predicted octanol–water partition coefficient (Wildman–Crippen LogP) is 1.50. The van der Waals surface area contributed by atoms with Crippen molar-refractivity contribution in [3.8, 4) is 6.07 Å². The van der Waals surface area contributed by atoms with E-state index in [0.29, 0.717) is 30.3 Å². The van der Waals surface area contributed by atoms with E-state index in [2.05, 4.69) is 20.6 Å². The normalized spacial score (nSPS) is 9.71. The van der Waals surface area contributed by atoms with Crippen LogP contribution in [-0.4, -0.2) is 29.0 Å². The molecule has 0 radical (unpaired) electrons. The molecule has 0 bridgehead atoms. The van der Waals surface area contributed by atoms with Crippen LogP contribution in [0.15, 0.2) is 36.5 Å². The molecule has 0 spiro atoms. The number of rotatable bonds is 5. The Balaban J connectivity index is 1.78. The molecular weight excluding hydrogens is 266 g/mol. The van der Waals surface area contributed by atoms with Crippen molar-refractivity contribution >= 4 is 11.9 Å². The lowest BCUT2D eigenvalue weighted by atomic mass is 10.1. The lowest BCUT2D eigenvalue weighted by molar-refractivity contribution is 0.0955. The zero-order valence-corrected chi connectivity index (χ0v) is 11.6. The number of aromatic nitrogens is 2. The van der Waals surface area contributed by atoms with E-state index >= 15 is 0 Å². The van der Waals surface area contributed by atoms with E-state index in [-0.39, 0.29) is 5.91 Å². The molecule has 0 fully saturated rings. The van der Waals surface area contributed by atoms with Crippen LogP contribution in [0.3, 0.4) is 0 Å². The Morgan fingerprint density at radius 3 is 2.71 bits per heavy atom. The van der Waals surface area contributed by atoms with E-state index in [1.54, 1.807) is 12.1 Å². The number of anilines is 1. The third kappa shape index (κ3) is 4.28. The summed E-state index contributed by atoms with van der Waals surface area (Å²) in [5, 5.41) is 14.5. The van der Waals surface area contributed by atoms with Crippen molar-refractivity contribution < 1.29 is 4.79 Å². The summed E-state index contributed by atoms with van der Waals surface area (Å²) in [5.41, 5.74) is 2.04. The van der Waals surface area contributed by atoms with Gasteiger partial charge in [-0.3, -0.25) is 4.79 Å². The number of nitriles is 1. The lowest BCUT2D eigenvalue weighted by Crippen LogP contribution is -2.29. The van der Waals surface area contributed by atoms with Gasteiger partial charge >= 0.3 is 0 Å². The number of aryl methyl sites for hydroxylation is 1. The summed E-state index contributed by atoms with van der Waals surface area (Å²) in [6, 6.07) is 10.8. The quantitative estimate of drug-likeness (QED) is 0.810. The van der Waals surface area contributed by atoms with Crippen molar-refractivity contribution in [2.45, 2.75) is 6.92 Å². The molecule has 1 amide bonds. The van der Waals surface area contributed by atoms with Gasteiger partial charge in [0.2, 0.25) is 5.95 Å². The van der Waals surface area contributed by atoms with Gasteiger partial charge in [-0.25, -0.2) is 9.97 Å². The molecule has 0 saturated carbocycles. The third-order valence-corrected chi connectivity index (χ3v) is 2.78. The number of amides is 1. The molecule has 2 N–H and O–H groups in total. The Bertz CT molecular complexity index is 661. The molecule has 0 aliphatic heterocycles. The highest BCUT2D eigenvalue weighted by molar-refractivity contribution is 5.94. The van der Waals surface area contributed by atoms with Gasteiger partial charge in [-0.05, 0) is 25.1 Å². The van der Waals surface area contributed by atoms with Crippen molar-refractivity contribution in [3.63, 3.8) is 0 Å². The number of hydrogen-bond donors (Lipinski definition) is 2. The van der Waals surface area contributed by atoms with Gasteiger partial charge in [-0.15, -0.1) is 0 Å². The highest BCUT2D eigenvalue weighted by Gasteiger charge is 2.04. The number of nitrogens with zero attached hydrogens (tertiary/aromatic N) is 3. The van der Waals surface area contributed by atoms with E-state index < -0.39 is 0 Å². The summed E-state index contributed by atoms with van der Waals surface area (Å²) in [7, 11) is 0. The second-order valence-corrected chi connectivity index (χ2v) is 4.43. The molecule has 21 heavy (non-hydrogen) atoms. The maximum absolute atomic E-state index is 11.9. The summed E-state index contributed by atoms with van der Waals surface area (Å²) >= 11 is 0. The number of benzene rings is 1. The smallest absolute Gasteiger partial charge is 0.251 e. The maximum atomic E-state index is 11.9.